The summed E-state index contributed by atoms with van der Waals surface area (Å²) < 4.78 is 1.97. The first-order valence-corrected chi connectivity index (χ1v) is 9.37. The van der Waals surface area contributed by atoms with Gasteiger partial charge in [0, 0.05) is 35.8 Å². The maximum Gasteiger partial charge on any atom is 0.224 e. The Bertz CT molecular complexity index is 966. The maximum absolute atomic E-state index is 12.6. The molecule has 3 aromatic rings. The third kappa shape index (κ3) is 3.41. The van der Waals surface area contributed by atoms with Gasteiger partial charge in [-0.15, -0.1) is 0 Å². The van der Waals surface area contributed by atoms with Crippen LogP contribution in [0.25, 0.3) is 5.69 Å². The van der Waals surface area contributed by atoms with Crippen molar-refractivity contribution < 1.29 is 9.59 Å². The van der Waals surface area contributed by atoms with Gasteiger partial charge in [0.1, 0.15) is 0 Å². The summed E-state index contributed by atoms with van der Waals surface area (Å²) in [5.74, 6) is 0.395. The number of anilines is 1. The van der Waals surface area contributed by atoms with Crippen molar-refractivity contribution in [1.82, 2.24) is 9.55 Å². The number of Topliss-reactive ketones (excluding diaryl/α,β-unsaturated/α-hetero) is 1. The number of benzene rings is 2. The van der Waals surface area contributed by atoms with E-state index < -0.39 is 0 Å². The van der Waals surface area contributed by atoms with E-state index in [1.54, 1.807) is 12.3 Å². The molecule has 0 fully saturated rings. The number of para-hydroxylation sites is 1. The van der Waals surface area contributed by atoms with Crippen molar-refractivity contribution in [2.45, 2.75) is 18.0 Å². The average Bonchev–Trinajstić information content (AvgIpc) is 3.15. The molecule has 0 spiro atoms. The van der Waals surface area contributed by atoms with E-state index in [0.29, 0.717) is 24.2 Å². The van der Waals surface area contributed by atoms with Crippen molar-refractivity contribution in [2.75, 3.05) is 11.1 Å². The molecule has 1 aliphatic rings. The number of nitrogens with zero attached hydrogens (tertiary/aromatic N) is 2. The molecule has 2 aromatic carbocycles. The summed E-state index contributed by atoms with van der Waals surface area (Å²) in [5, 5.41) is 3.62. The summed E-state index contributed by atoms with van der Waals surface area (Å²) in [4.78, 5) is 28.4. The second-order valence-electron chi connectivity index (χ2n) is 6.05. The number of rotatable bonds is 5. The molecular formula is C20H17N3O2S. The largest absolute Gasteiger partial charge is 0.326 e. The third-order valence-electron chi connectivity index (χ3n) is 4.30. The zero-order chi connectivity index (χ0) is 17.9. The molecule has 1 aromatic heterocycles. The molecule has 0 saturated heterocycles. The molecule has 0 aliphatic carbocycles. The minimum absolute atomic E-state index is 0.0277. The number of aromatic nitrogens is 2. The summed E-state index contributed by atoms with van der Waals surface area (Å²) in [6.07, 6.45) is 4.77. The summed E-state index contributed by atoms with van der Waals surface area (Å²) in [6.45, 7) is 0. The number of hydrogen-bond acceptors (Lipinski definition) is 4. The highest BCUT2D eigenvalue weighted by atomic mass is 32.2. The highest BCUT2D eigenvalue weighted by Crippen LogP contribution is 2.25. The Labute approximate surface area is 155 Å². The van der Waals surface area contributed by atoms with Crippen LogP contribution in [0.5, 0.6) is 0 Å². The molecule has 4 rings (SSSR count). The Morgan fingerprint density at radius 3 is 2.85 bits per heavy atom. The second kappa shape index (κ2) is 7.17. The van der Waals surface area contributed by atoms with Gasteiger partial charge < -0.3 is 5.32 Å². The lowest BCUT2D eigenvalue weighted by atomic mass is 9.99. The van der Waals surface area contributed by atoms with E-state index in [4.69, 9.17) is 0 Å². The topological polar surface area (TPSA) is 64.0 Å². The van der Waals surface area contributed by atoms with Crippen molar-refractivity contribution in [1.29, 1.82) is 0 Å². The number of amides is 1. The molecule has 26 heavy (non-hydrogen) atoms. The van der Waals surface area contributed by atoms with E-state index in [2.05, 4.69) is 10.3 Å². The van der Waals surface area contributed by atoms with Crippen LogP contribution < -0.4 is 5.32 Å². The molecule has 1 N–H and O–H groups in total. The van der Waals surface area contributed by atoms with Gasteiger partial charge in [0.2, 0.25) is 5.91 Å². The molecule has 1 aliphatic heterocycles. The zero-order valence-electron chi connectivity index (χ0n) is 14.0. The van der Waals surface area contributed by atoms with Crippen molar-refractivity contribution in [2.24, 2.45) is 0 Å². The molecule has 0 radical (unpaired) electrons. The van der Waals surface area contributed by atoms with Gasteiger partial charge in [-0.25, -0.2) is 4.98 Å². The quantitative estimate of drug-likeness (QED) is 0.554. The standard InChI is InChI=1S/C20H17N3O2S/c24-18(15-6-8-17-14(12-15)7-9-19(25)22-17)13-26-20-21-10-11-23(20)16-4-2-1-3-5-16/h1-6,8,10-12H,7,9,13H2,(H,22,25). The zero-order valence-corrected chi connectivity index (χ0v) is 14.8. The minimum Gasteiger partial charge on any atom is -0.326 e. The van der Waals surface area contributed by atoms with Gasteiger partial charge in [0.15, 0.2) is 10.9 Å². The molecule has 0 bridgehead atoms. The Kier molecular flexibility index (Phi) is 4.58. The number of carbonyl (C=O) groups is 2. The minimum atomic E-state index is 0.0277. The summed E-state index contributed by atoms with van der Waals surface area (Å²) in [7, 11) is 0. The Hall–Kier alpha value is -2.86. The predicted octanol–water partition coefficient (Wildman–Crippen LogP) is 3.73. The first-order valence-electron chi connectivity index (χ1n) is 8.38. The van der Waals surface area contributed by atoms with Crippen LogP contribution in [0.4, 0.5) is 5.69 Å². The van der Waals surface area contributed by atoms with Crippen LogP contribution in [0, 0.1) is 0 Å². The predicted molar refractivity (Wildman–Crippen MR) is 102 cm³/mol. The summed E-state index contributed by atoms with van der Waals surface area (Å²) in [5.41, 5.74) is 3.52. The van der Waals surface area contributed by atoms with Gasteiger partial charge in [-0.2, -0.15) is 0 Å². The molecule has 130 valence electrons. The third-order valence-corrected chi connectivity index (χ3v) is 5.26. The summed E-state index contributed by atoms with van der Waals surface area (Å²) >= 11 is 1.42. The van der Waals surface area contributed by atoms with Gasteiger partial charge in [-0.05, 0) is 42.3 Å². The number of fused-ring (bicyclic) bond motifs is 1. The van der Waals surface area contributed by atoms with Crippen LogP contribution in [-0.4, -0.2) is 27.0 Å². The molecular weight excluding hydrogens is 346 g/mol. The fourth-order valence-electron chi connectivity index (χ4n) is 2.95. The van der Waals surface area contributed by atoms with E-state index in [0.717, 1.165) is 22.1 Å². The number of ketones is 1. The van der Waals surface area contributed by atoms with Crippen molar-refractivity contribution >= 4 is 29.1 Å². The number of hydrogen-bond donors (Lipinski definition) is 1. The lowest BCUT2D eigenvalue weighted by molar-refractivity contribution is -0.116. The monoisotopic (exact) mass is 363 g/mol. The lowest BCUT2D eigenvalue weighted by Crippen LogP contribution is -2.19. The number of thioether (sulfide) groups is 1. The van der Waals surface area contributed by atoms with Crippen LogP contribution >= 0.6 is 11.8 Å². The van der Waals surface area contributed by atoms with Gasteiger partial charge in [0.25, 0.3) is 0 Å². The van der Waals surface area contributed by atoms with Crippen LogP contribution in [0.3, 0.4) is 0 Å². The maximum atomic E-state index is 12.6. The number of aryl methyl sites for hydroxylation is 1. The molecule has 6 heteroatoms. The fourth-order valence-corrected chi connectivity index (χ4v) is 3.82. The van der Waals surface area contributed by atoms with Crippen molar-refractivity contribution in [3.8, 4) is 5.69 Å². The van der Waals surface area contributed by atoms with Crippen LogP contribution in [-0.2, 0) is 11.2 Å². The number of imidazole rings is 1. The van der Waals surface area contributed by atoms with Gasteiger partial charge in [0.05, 0.1) is 5.75 Å². The van der Waals surface area contributed by atoms with E-state index in [1.165, 1.54) is 11.8 Å². The van der Waals surface area contributed by atoms with Crippen LogP contribution in [0.15, 0.2) is 66.1 Å². The smallest absolute Gasteiger partial charge is 0.224 e. The van der Waals surface area contributed by atoms with E-state index in [1.807, 2.05) is 53.2 Å². The first-order chi connectivity index (χ1) is 12.7. The van der Waals surface area contributed by atoms with Crippen molar-refractivity contribution in [3.63, 3.8) is 0 Å². The first kappa shape index (κ1) is 16.6. The Balaban J connectivity index is 1.47. The number of nitrogens with one attached hydrogen (secondary N) is 1. The van der Waals surface area contributed by atoms with Crippen LogP contribution in [0.2, 0.25) is 0 Å². The van der Waals surface area contributed by atoms with Gasteiger partial charge in [-0.1, -0.05) is 30.0 Å². The SMILES string of the molecule is O=C1CCc2cc(C(=O)CSc3nccn3-c3ccccc3)ccc2N1. The molecule has 2 heterocycles. The number of carbonyl (C=O) groups excluding carboxylic acids is 2. The molecule has 0 unspecified atom stereocenters. The van der Waals surface area contributed by atoms with Crippen LogP contribution in [0.1, 0.15) is 22.3 Å². The fraction of sp³-hybridized carbons (Fsp3) is 0.150. The molecule has 0 atom stereocenters. The normalized spacial score (nSPS) is 13.2. The Morgan fingerprint density at radius 1 is 1.15 bits per heavy atom. The Morgan fingerprint density at radius 2 is 2.00 bits per heavy atom. The van der Waals surface area contributed by atoms with E-state index in [9.17, 15) is 9.59 Å². The van der Waals surface area contributed by atoms with E-state index >= 15 is 0 Å². The van der Waals surface area contributed by atoms with Gasteiger partial charge >= 0.3 is 0 Å². The summed E-state index contributed by atoms with van der Waals surface area (Å²) in [6, 6.07) is 15.4. The molecule has 5 nitrogen and oxygen atoms in total. The second-order valence-corrected chi connectivity index (χ2v) is 6.99. The van der Waals surface area contributed by atoms with Gasteiger partial charge in [-0.3, -0.25) is 14.2 Å². The highest BCUT2D eigenvalue weighted by molar-refractivity contribution is 7.99. The molecule has 0 saturated carbocycles. The van der Waals surface area contributed by atoms with E-state index in [-0.39, 0.29) is 11.7 Å². The van der Waals surface area contributed by atoms with Crippen molar-refractivity contribution in [3.05, 3.63) is 72.1 Å². The molecule has 1 amide bonds. The highest BCUT2D eigenvalue weighted by Gasteiger charge is 2.17. The average molecular weight is 363 g/mol. The lowest BCUT2D eigenvalue weighted by Gasteiger charge is -2.17.